The fourth-order valence-electron chi connectivity index (χ4n) is 3.18. The quantitative estimate of drug-likeness (QED) is 0.834. The average Bonchev–Trinajstić information content (AvgIpc) is 2.94. The Kier molecular flexibility index (Phi) is 5.69. The molecule has 0 aromatic heterocycles. The molecule has 23 heavy (non-hydrogen) atoms. The second kappa shape index (κ2) is 7.35. The topological polar surface area (TPSA) is 66.4 Å². The summed E-state index contributed by atoms with van der Waals surface area (Å²) in [5.41, 5.74) is 1.05. The molecule has 126 valence electrons. The zero-order chi connectivity index (χ0) is 17.0. The summed E-state index contributed by atoms with van der Waals surface area (Å²) in [6.45, 7) is 4.76. The van der Waals surface area contributed by atoms with Crippen molar-refractivity contribution in [2.45, 2.75) is 39.5 Å². The molecule has 0 spiro atoms. The first-order valence-corrected chi connectivity index (χ1v) is 8.39. The second-order valence-electron chi connectivity index (χ2n) is 7.23. The van der Waals surface area contributed by atoms with Gasteiger partial charge >= 0.3 is 5.97 Å². The minimum atomic E-state index is -0.790. The summed E-state index contributed by atoms with van der Waals surface area (Å²) in [5.74, 6) is -1.35. The average molecular weight is 338 g/mol. The monoisotopic (exact) mass is 337 g/mol. The number of amides is 1. The molecule has 0 unspecified atom stereocenters. The Balaban J connectivity index is 1.84. The van der Waals surface area contributed by atoms with E-state index in [1.54, 1.807) is 0 Å². The van der Waals surface area contributed by atoms with E-state index in [2.05, 4.69) is 19.2 Å². The molecule has 1 amide bonds. The molecule has 0 heterocycles. The molecule has 0 saturated heterocycles. The van der Waals surface area contributed by atoms with Gasteiger partial charge in [0.05, 0.1) is 5.92 Å². The second-order valence-corrected chi connectivity index (χ2v) is 7.67. The van der Waals surface area contributed by atoms with Gasteiger partial charge in [-0.05, 0) is 48.8 Å². The van der Waals surface area contributed by atoms with Crippen molar-refractivity contribution >= 4 is 23.5 Å². The molecule has 1 aliphatic carbocycles. The van der Waals surface area contributed by atoms with Crippen LogP contribution in [0.1, 0.15) is 38.7 Å². The molecule has 2 N–H and O–H groups in total. The number of carboxylic acid groups (broad SMARTS) is 1. The number of benzene rings is 1. The van der Waals surface area contributed by atoms with Crippen molar-refractivity contribution in [2.24, 2.45) is 17.3 Å². The van der Waals surface area contributed by atoms with Crippen LogP contribution in [0.3, 0.4) is 0 Å². The van der Waals surface area contributed by atoms with Crippen molar-refractivity contribution in [1.82, 2.24) is 5.32 Å². The number of rotatable bonds is 6. The predicted molar refractivity (Wildman–Crippen MR) is 90.4 cm³/mol. The number of halogens is 1. The number of hydrogen-bond donors (Lipinski definition) is 2. The lowest BCUT2D eigenvalue weighted by Gasteiger charge is -2.26. The van der Waals surface area contributed by atoms with Gasteiger partial charge in [-0.15, -0.1) is 0 Å². The highest BCUT2D eigenvalue weighted by Gasteiger charge is 2.34. The molecule has 5 heteroatoms. The Morgan fingerprint density at radius 3 is 2.61 bits per heavy atom. The number of nitrogens with one attached hydrogen (secondary N) is 1. The number of carbonyl (C=O) groups excluding carboxylic acids is 1. The fourth-order valence-corrected chi connectivity index (χ4v) is 3.39. The van der Waals surface area contributed by atoms with E-state index in [0.29, 0.717) is 30.8 Å². The van der Waals surface area contributed by atoms with E-state index in [-0.39, 0.29) is 23.2 Å². The normalized spacial score (nSPS) is 21.2. The van der Waals surface area contributed by atoms with E-state index >= 15 is 0 Å². The molecule has 2 atom stereocenters. The van der Waals surface area contributed by atoms with Crippen molar-refractivity contribution in [3.05, 3.63) is 34.9 Å². The third kappa shape index (κ3) is 5.24. The van der Waals surface area contributed by atoms with E-state index in [1.807, 2.05) is 24.3 Å². The first-order valence-electron chi connectivity index (χ1n) is 8.02. The molecular weight excluding hydrogens is 314 g/mol. The van der Waals surface area contributed by atoms with Gasteiger partial charge in [0.1, 0.15) is 0 Å². The van der Waals surface area contributed by atoms with Gasteiger partial charge in [-0.3, -0.25) is 9.59 Å². The summed E-state index contributed by atoms with van der Waals surface area (Å²) < 4.78 is 0. The SMILES string of the molecule is CC(C)(CNC(=O)[C@@H]1CC[C@H](C(=O)O)C1)Cc1cccc(Cl)c1. The minimum absolute atomic E-state index is 0.0204. The van der Waals surface area contributed by atoms with Crippen LogP contribution in [0.25, 0.3) is 0 Å². The molecule has 1 aromatic carbocycles. The van der Waals surface area contributed by atoms with Gasteiger partial charge in [0.25, 0.3) is 0 Å². The molecule has 1 saturated carbocycles. The maximum absolute atomic E-state index is 12.2. The van der Waals surface area contributed by atoms with Crippen LogP contribution in [0.4, 0.5) is 0 Å². The number of carboxylic acids is 1. The van der Waals surface area contributed by atoms with Crippen LogP contribution < -0.4 is 5.32 Å². The highest BCUT2D eigenvalue weighted by molar-refractivity contribution is 6.30. The third-order valence-corrected chi connectivity index (χ3v) is 4.70. The molecule has 1 aliphatic rings. The molecular formula is C18H24ClNO3. The lowest BCUT2D eigenvalue weighted by molar-refractivity contribution is -0.141. The van der Waals surface area contributed by atoms with Crippen LogP contribution >= 0.6 is 11.6 Å². The summed E-state index contributed by atoms with van der Waals surface area (Å²) in [4.78, 5) is 23.2. The van der Waals surface area contributed by atoms with Crippen molar-refractivity contribution in [1.29, 1.82) is 0 Å². The van der Waals surface area contributed by atoms with Gasteiger partial charge < -0.3 is 10.4 Å². The van der Waals surface area contributed by atoms with Gasteiger partial charge in [0.15, 0.2) is 0 Å². The largest absolute Gasteiger partial charge is 0.481 e. The Morgan fingerprint density at radius 1 is 1.30 bits per heavy atom. The van der Waals surface area contributed by atoms with E-state index in [1.165, 1.54) is 0 Å². The Morgan fingerprint density at radius 2 is 2.00 bits per heavy atom. The van der Waals surface area contributed by atoms with E-state index in [4.69, 9.17) is 16.7 Å². The van der Waals surface area contributed by atoms with Crippen LogP contribution in [0.2, 0.25) is 5.02 Å². The number of carbonyl (C=O) groups is 2. The van der Waals surface area contributed by atoms with Crippen LogP contribution in [-0.2, 0) is 16.0 Å². The van der Waals surface area contributed by atoms with Crippen molar-refractivity contribution in [2.75, 3.05) is 6.54 Å². The Bertz CT molecular complexity index is 585. The van der Waals surface area contributed by atoms with Gasteiger partial charge in [-0.2, -0.15) is 0 Å². The first kappa shape index (κ1) is 17.8. The Hall–Kier alpha value is -1.55. The van der Waals surface area contributed by atoms with Crippen molar-refractivity contribution in [3.63, 3.8) is 0 Å². The highest BCUT2D eigenvalue weighted by atomic mass is 35.5. The number of aliphatic carboxylic acids is 1. The molecule has 1 aromatic rings. The third-order valence-electron chi connectivity index (χ3n) is 4.47. The molecule has 2 rings (SSSR count). The lowest BCUT2D eigenvalue weighted by atomic mass is 9.85. The van der Waals surface area contributed by atoms with Gasteiger partial charge in [-0.1, -0.05) is 37.6 Å². The summed E-state index contributed by atoms with van der Waals surface area (Å²) in [5, 5.41) is 12.7. The summed E-state index contributed by atoms with van der Waals surface area (Å²) in [6, 6.07) is 7.75. The zero-order valence-corrected chi connectivity index (χ0v) is 14.4. The minimum Gasteiger partial charge on any atom is -0.481 e. The summed E-state index contributed by atoms with van der Waals surface area (Å²) in [6.07, 6.45) is 2.53. The van der Waals surface area contributed by atoms with E-state index < -0.39 is 5.97 Å². The lowest BCUT2D eigenvalue weighted by Crippen LogP contribution is -2.38. The number of hydrogen-bond acceptors (Lipinski definition) is 2. The van der Waals surface area contributed by atoms with Crippen LogP contribution in [0, 0.1) is 17.3 Å². The molecule has 0 aliphatic heterocycles. The summed E-state index contributed by atoms with van der Waals surface area (Å²) >= 11 is 6.01. The molecule has 0 radical (unpaired) electrons. The van der Waals surface area contributed by atoms with Crippen molar-refractivity contribution < 1.29 is 14.7 Å². The molecule has 4 nitrogen and oxygen atoms in total. The van der Waals surface area contributed by atoms with Gasteiger partial charge in [-0.25, -0.2) is 0 Å². The maximum atomic E-state index is 12.2. The zero-order valence-electron chi connectivity index (χ0n) is 13.6. The maximum Gasteiger partial charge on any atom is 0.306 e. The highest BCUT2D eigenvalue weighted by Crippen LogP contribution is 2.31. The van der Waals surface area contributed by atoms with Crippen molar-refractivity contribution in [3.8, 4) is 0 Å². The standard InChI is InChI=1S/C18H24ClNO3/c1-18(2,10-12-4-3-5-15(19)8-12)11-20-16(21)13-6-7-14(9-13)17(22)23/h3-5,8,13-14H,6-7,9-11H2,1-2H3,(H,20,21)(H,22,23)/t13-,14+/m1/s1. The van der Waals surface area contributed by atoms with E-state index in [0.717, 1.165) is 12.0 Å². The molecule has 0 bridgehead atoms. The van der Waals surface area contributed by atoms with Crippen LogP contribution in [-0.4, -0.2) is 23.5 Å². The van der Waals surface area contributed by atoms with Crippen LogP contribution in [0.5, 0.6) is 0 Å². The summed E-state index contributed by atoms with van der Waals surface area (Å²) in [7, 11) is 0. The van der Waals surface area contributed by atoms with Gasteiger partial charge in [0, 0.05) is 17.5 Å². The fraction of sp³-hybridized carbons (Fsp3) is 0.556. The first-order chi connectivity index (χ1) is 10.8. The smallest absolute Gasteiger partial charge is 0.306 e. The molecule has 1 fully saturated rings. The van der Waals surface area contributed by atoms with E-state index in [9.17, 15) is 9.59 Å². The van der Waals surface area contributed by atoms with Crippen LogP contribution in [0.15, 0.2) is 24.3 Å². The van der Waals surface area contributed by atoms with Gasteiger partial charge in [0.2, 0.25) is 5.91 Å². The Labute approximate surface area is 142 Å². The predicted octanol–water partition coefficient (Wildman–Crippen LogP) is 3.53.